The fourth-order valence-corrected chi connectivity index (χ4v) is 3.14. The number of nitrogens with one attached hydrogen (secondary N) is 1. The van der Waals surface area contributed by atoms with Crippen LogP contribution in [0.25, 0.3) is 0 Å². The summed E-state index contributed by atoms with van der Waals surface area (Å²) in [6.45, 7) is 6.48. The van der Waals surface area contributed by atoms with E-state index in [1.165, 1.54) is 27.7 Å². The molecule has 10 nitrogen and oxygen atoms in total. The summed E-state index contributed by atoms with van der Waals surface area (Å²) >= 11 is 0. The van der Waals surface area contributed by atoms with Gasteiger partial charge in [0.15, 0.2) is 12.2 Å². The summed E-state index contributed by atoms with van der Waals surface area (Å²) in [5, 5.41) is 2.64. The van der Waals surface area contributed by atoms with Crippen molar-refractivity contribution in [1.82, 2.24) is 5.32 Å². The molecule has 31 heavy (non-hydrogen) atoms. The van der Waals surface area contributed by atoms with Crippen LogP contribution in [0.2, 0.25) is 0 Å². The standard InChI is InChI=1S/C21H27NO9/c1-11-6-8-16(9-7-11)30-21-18(22-12(2)23)20(29-15(5)26)19(28-14(4)25)17(31-21)10-27-13(3)24/h6-9,17-21H,10H2,1-5H3,(H,22,23)/t17-,18-,19-,20-,21-/m1/s1. The third-order valence-corrected chi connectivity index (χ3v) is 4.34. The summed E-state index contributed by atoms with van der Waals surface area (Å²) in [4.78, 5) is 46.7. The quantitative estimate of drug-likeness (QED) is 0.491. The number of ether oxygens (including phenoxy) is 5. The number of carbonyl (C=O) groups is 4. The minimum Gasteiger partial charge on any atom is -0.463 e. The van der Waals surface area contributed by atoms with Crippen LogP contribution < -0.4 is 10.1 Å². The van der Waals surface area contributed by atoms with E-state index < -0.39 is 54.5 Å². The Balaban J connectivity index is 2.43. The lowest BCUT2D eigenvalue weighted by Gasteiger charge is -2.44. The molecule has 2 rings (SSSR count). The molecule has 1 aliphatic heterocycles. The Morgan fingerprint density at radius 3 is 2.00 bits per heavy atom. The van der Waals surface area contributed by atoms with Crippen LogP contribution in [0.1, 0.15) is 33.3 Å². The number of aryl methyl sites for hydroxylation is 1. The molecule has 1 heterocycles. The molecule has 0 aromatic heterocycles. The molecule has 0 radical (unpaired) electrons. The van der Waals surface area contributed by atoms with E-state index in [1.54, 1.807) is 12.1 Å². The molecule has 0 aliphatic carbocycles. The maximum atomic E-state index is 11.9. The summed E-state index contributed by atoms with van der Waals surface area (Å²) in [5.74, 6) is -1.92. The van der Waals surface area contributed by atoms with Gasteiger partial charge in [-0.2, -0.15) is 0 Å². The van der Waals surface area contributed by atoms with Crippen molar-refractivity contribution in [3.05, 3.63) is 29.8 Å². The first-order valence-electron chi connectivity index (χ1n) is 9.70. The third kappa shape index (κ3) is 7.25. The SMILES string of the molecule is CC(=O)N[C@H]1[C@H](Oc2ccc(C)cc2)O[C@H](COC(C)=O)[C@@H](OC(C)=O)[C@@H]1OC(C)=O. The molecule has 1 fully saturated rings. The van der Waals surface area contributed by atoms with E-state index in [0.29, 0.717) is 5.75 Å². The highest BCUT2D eigenvalue weighted by Crippen LogP contribution is 2.29. The third-order valence-electron chi connectivity index (χ3n) is 4.34. The molecule has 5 atom stereocenters. The Kier molecular flexibility index (Phi) is 8.38. The van der Waals surface area contributed by atoms with Crippen molar-refractivity contribution in [3.63, 3.8) is 0 Å². The van der Waals surface area contributed by atoms with Crippen molar-refractivity contribution >= 4 is 23.8 Å². The molecule has 170 valence electrons. The predicted molar refractivity (Wildman–Crippen MR) is 106 cm³/mol. The van der Waals surface area contributed by atoms with Crippen LogP contribution >= 0.6 is 0 Å². The summed E-state index contributed by atoms with van der Waals surface area (Å²) in [7, 11) is 0. The lowest BCUT2D eigenvalue weighted by Crippen LogP contribution is -2.67. The largest absolute Gasteiger partial charge is 0.463 e. The van der Waals surface area contributed by atoms with E-state index in [4.69, 9.17) is 23.7 Å². The molecule has 10 heteroatoms. The van der Waals surface area contributed by atoms with Gasteiger partial charge in [-0.25, -0.2) is 0 Å². The predicted octanol–water partition coefficient (Wildman–Crippen LogP) is 1.03. The van der Waals surface area contributed by atoms with Gasteiger partial charge in [-0.15, -0.1) is 0 Å². The fraction of sp³-hybridized carbons (Fsp3) is 0.524. The molecule has 0 saturated carbocycles. The number of benzene rings is 1. The van der Waals surface area contributed by atoms with E-state index in [1.807, 2.05) is 19.1 Å². The highest BCUT2D eigenvalue weighted by molar-refractivity contribution is 5.73. The first-order chi connectivity index (χ1) is 14.6. The Hall–Kier alpha value is -3.14. The number of hydrogen-bond acceptors (Lipinski definition) is 9. The van der Waals surface area contributed by atoms with Gasteiger partial charge >= 0.3 is 17.9 Å². The second kappa shape index (κ2) is 10.8. The number of rotatable bonds is 7. The Labute approximate surface area is 180 Å². The molecular formula is C21H27NO9. The van der Waals surface area contributed by atoms with Crippen molar-refractivity contribution in [2.75, 3.05) is 6.61 Å². The molecule has 1 N–H and O–H groups in total. The van der Waals surface area contributed by atoms with E-state index >= 15 is 0 Å². The van der Waals surface area contributed by atoms with Gasteiger partial charge in [-0.05, 0) is 19.1 Å². The van der Waals surface area contributed by atoms with E-state index in [2.05, 4.69) is 5.32 Å². The first-order valence-corrected chi connectivity index (χ1v) is 9.70. The van der Waals surface area contributed by atoms with Gasteiger partial charge < -0.3 is 29.0 Å². The van der Waals surface area contributed by atoms with Crippen LogP contribution in [0.15, 0.2) is 24.3 Å². The summed E-state index contributed by atoms with van der Waals surface area (Å²) in [6.07, 6.45) is -4.47. The van der Waals surface area contributed by atoms with Crippen LogP contribution in [0.5, 0.6) is 5.75 Å². The van der Waals surface area contributed by atoms with Crippen molar-refractivity contribution in [1.29, 1.82) is 0 Å². The zero-order chi connectivity index (χ0) is 23.1. The van der Waals surface area contributed by atoms with Crippen molar-refractivity contribution in [2.24, 2.45) is 0 Å². The van der Waals surface area contributed by atoms with E-state index in [9.17, 15) is 19.2 Å². The minimum atomic E-state index is -1.16. The smallest absolute Gasteiger partial charge is 0.303 e. The van der Waals surface area contributed by atoms with Crippen LogP contribution in [0.4, 0.5) is 0 Å². The molecule has 1 aliphatic rings. The average molecular weight is 437 g/mol. The Morgan fingerprint density at radius 2 is 1.48 bits per heavy atom. The van der Waals surface area contributed by atoms with Crippen molar-refractivity contribution < 1.29 is 42.9 Å². The van der Waals surface area contributed by atoms with Crippen LogP contribution in [0, 0.1) is 6.92 Å². The van der Waals surface area contributed by atoms with Crippen LogP contribution in [0.3, 0.4) is 0 Å². The maximum absolute atomic E-state index is 11.9. The molecular weight excluding hydrogens is 410 g/mol. The summed E-state index contributed by atoms with van der Waals surface area (Å²) < 4.78 is 27.6. The van der Waals surface area contributed by atoms with Gasteiger partial charge in [0.1, 0.15) is 24.5 Å². The molecule has 1 saturated heterocycles. The number of amides is 1. The average Bonchev–Trinajstić information content (AvgIpc) is 2.65. The normalized spacial score (nSPS) is 25.1. The maximum Gasteiger partial charge on any atom is 0.303 e. The molecule has 1 aromatic rings. The highest BCUT2D eigenvalue weighted by Gasteiger charge is 2.51. The topological polar surface area (TPSA) is 126 Å². The molecule has 0 bridgehead atoms. The number of carbonyl (C=O) groups excluding carboxylic acids is 4. The summed E-state index contributed by atoms with van der Waals surface area (Å²) in [6, 6.07) is 6.06. The zero-order valence-corrected chi connectivity index (χ0v) is 18.1. The van der Waals surface area contributed by atoms with Crippen LogP contribution in [-0.4, -0.2) is 61.1 Å². The van der Waals surface area contributed by atoms with Crippen LogP contribution in [-0.2, 0) is 38.1 Å². The lowest BCUT2D eigenvalue weighted by atomic mass is 9.96. The number of hydrogen-bond donors (Lipinski definition) is 1. The molecule has 0 unspecified atom stereocenters. The van der Waals surface area contributed by atoms with Gasteiger partial charge in [0.05, 0.1) is 0 Å². The highest BCUT2D eigenvalue weighted by atomic mass is 16.7. The molecule has 1 aromatic carbocycles. The van der Waals surface area contributed by atoms with Gasteiger partial charge in [0, 0.05) is 27.7 Å². The van der Waals surface area contributed by atoms with Crippen molar-refractivity contribution in [3.8, 4) is 5.75 Å². The van der Waals surface area contributed by atoms with E-state index in [0.717, 1.165) is 5.56 Å². The molecule has 1 amide bonds. The van der Waals surface area contributed by atoms with Gasteiger partial charge in [-0.3, -0.25) is 19.2 Å². The van der Waals surface area contributed by atoms with E-state index in [-0.39, 0.29) is 6.61 Å². The lowest BCUT2D eigenvalue weighted by molar-refractivity contribution is -0.257. The second-order valence-electron chi connectivity index (χ2n) is 7.15. The Morgan fingerprint density at radius 1 is 0.903 bits per heavy atom. The first kappa shape index (κ1) is 24.1. The fourth-order valence-electron chi connectivity index (χ4n) is 3.14. The minimum absolute atomic E-state index is 0.286. The van der Waals surface area contributed by atoms with Gasteiger partial charge in [0.25, 0.3) is 0 Å². The number of esters is 3. The van der Waals surface area contributed by atoms with Gasteiger partial charge in [0.2, 0.25) is 12.2 Å². The summed E-state index contributed by atoms with van der Waals surface area (Å²) in [5.41, 5.74) is 1.01. The van der Waals surface area contributed by atoms with Crippen molar-refractivity contribution in [2.45, 2.75) is 65.3 Å². The monoisotopic (exact) mass is 437 g/mol. The Bertz CT molecular complexity index is 808. The zero-order valence-electron chi connectivity index (χ0n) is 18.1. The van der Waals surface area contributed by atoms with Gasteiger partial charge in [-0.1, -0.05) is 17.7 Å². The molecule has 0 spiro atoms. The second-order valence-corrected chi connectivity index (χ2v) is 7.15.